The molecule has 0 spiro atoms. The summed E-state index contributed by atoms with van der Waals surface area (Å²) in [5, 5.41) is 18.3. The molecule has 0 amide bonds. The number of aliphatic carboxylic acids is 1. The molecular weight excluding hydrogens is 204 g/mol. The fraction of sp³-hybridized carbons (Fsp3) is 0.308. The highest BCUT2D eigenvalue weighted by Crippen LogP contribution is 2.28. The Balaban J connectivity index is 3.07. The molecule has 16 heavy (non-hydrogen) atoms. The van der Waals surface area contributed by atoms with Crippen LogP contribution in [0.3, 0.4) is 0 Å². The van der Waals surface area contributed by atoms with Gasteiger partial charge in [-0.1, -0.05) is 24.6 Å². The minimum Gasteiger partial charge on any atom is -0.507 e. The van der Waals surface area contributed by atoms with Crippen molar-refractivity contribution in [1.29, 1.82) is 0 Å². The van der Waals surface area contributed by atoms with Crippen LogP contribution >= 0.6 is 0 Å². The summed E-state index contributed by atoms with van der Waals surface area (Å²) < 4.78 is 0. The molecule has 0 bridgehead atoms. The van der Waals surface area contributed by atoms with Crippen molar-refractivity contribution in [3.8, 4) is 5.75 Å². The summed E-state index contributed by atoms with van der Waals surface area (Å²) in [6, 6.07) is 5.32. The third-order valence-corrected chi connectivity index (χ3v) is 2.40. The molecular formula is C13H16O3. The van der Waals surface area contributed by atoms with E-state index in [0.717, 1.165) is 16.7 Å². The first-order chi connectivity index (χ1) is 7.54. The first kappa shape index (κ1) is 12.3. The van der Waals surface area contributed by atoms with Crippen molar-refractivity contribution in [1.82, 2.24) is 0 Å². The summed E-state index contributed by atoms with van der Waals surface area (Å²) in [5.41, 5.74) is 2.63. The fourth-order valence-corrected chi connectivity index (χ4v) is 1.56. The van der Waals surface area contributed by atoms with Gasteiger partial charge in [-0.05, 0) is 31.1 Å². The van der Waals surface area contributed by atoms with Crippen LogP contribution in [0.2, 0.25) is 0 Å². The molecule has 0 aromatic heterocycles. The second-order valence-corrected chi connectivity index (χ2v) is 3.70. The molecule has 3 nitrogen and oxygen atoms in total. The average Bonchev–Trinajstić information content (AvgIpc) is 2.23. The Morgan fingerprint density at radius 3 is 2.69 bits per heavy atom. The Bertz CT molecular complexity index is 419. The van der Waals surface area contributed by atoms with E-state index in [1.807, 2.05) is 26.0 Å². The van der Waals surface area contributed by atoms with Crippen LogP contribution in [0, 0.1) is 6.92 Å². The quantitative estimate of drug-likeness (QED) is 0.820. The SMILES string of the molecule is CC/C(=C\CC(=O)O)c1cc(C)ccc1O. The molecule has 1 aromatic carbocycles. The van der Waals surface area contributed by atoms with Crippen LogP contribution in [0.15, 0.2) is 24.3 Å². The van der Waals surface area contributed by atoms with E-state index in [2.05, 4.69) is 0 Å². The molecule has 2 N–H and O–H groups in total. The van der Waals surface area contributed by atoms with Crippen molar-refractivity contribution in [3.05, 3.63) is 35.4 Å². The molecule has 0 aliphatic carbocycles. The molecule has 0 radical (unpaired) electrons. The summed E-state index contributed by atoms with van der Waals surface area (Å²) in [4.78, 5) is 10.5. The van der Waals surface area contributed by atoms with Crippen LogP contribution in [0.4, 0.5) is 0 Å². The average molecular weight is 220 g/mol. The third kappa shape index (κ3) is 3.12. The number of aryl methyl sites for hydroxylation is 1. The van der Waals surface area contributed by atoms with E-state index < -0.39 is 5.97 Å². The monoisotopic (exact) mass is 220 g/mol. The largest absolute Gasteiger partial charge is 0.507 e. The molecule has 0 saturated carbocycles. The van der Waals surface area contributed by atoms with Gasteiger partial charge in [0.2, 0.25) is 0 Å². The van der Waals surface area contributed by atoms with Gasteiger partial charge in [0.15, 0.2) is 0 Å². The van der Waals surface area contributed by atoms with Crippen molar-refractivity contribution in [2.75, 3.05) is 0 Å². The van der Waals surface area contributed by atoms with Gasteiger partial charge >= 0.3 is 5.97 Å². The highest BCUT2D eigenvalue weighted by atomic mass is 16.4. The van der Waals surface area contributed by atoms with Crippen molar-refractivity contribution in [3.63, 3.8) is 0 Å². The van der Waals surface area contributed by atoms with E-state index in [-0.39, 0.29) is 12.2 Å². The van der Waals surface area contributed by atoms with Crippen molar-refractivity contribution >= 4 is 11.5 Å². The zero-order chi connectivity index (χ0) is 12.1. The molecule has 1 aromatic rings. The Morgan fingerprint density at radius 1 is 1.44 bits per heavy atom. The van der Waals surface area contributed by atoms with Crippen molar-refractivity contribution < 1.29 is 15.0 Å². The Morgan fingerprint density at radius 2 is 2.12 bits per heavy atom. The minimum atomic E-state index is -0.863. The van der Waals surface area contributed by atoms with Crippen LogP contribution in [-0.4, -0.2) is 16.2 Å². The lowest BCUT2D eigenvalue weighted by Crippen LogP contribution is -1.93. The van der Waals surface area contributed by atoms with E-state index in [1.165, 1.54) is 0 Å². The normalized spacial score (nSPS) is 11.5. The number of allylic oxidation sites excluding steroid dienone is 1. The highest BCUT2D eigenvalue weighted by molar-refractivity contribution is 5.76. The van der Waals surface area contributed by atoms with Gasteiger partial charge in [-0.3, -0.25) is 4.79 Å². The van der Waals surface area contributed by atoms with Gasteiger partial charge in [0.25, 0.3) is 0 Å². The third-order valence-electron chi connectivity index (χ3n) is 2.40. The van der Waals surface area contributed by atoms with Crippen LogP contribution in [0.25, 0.3) is 5.57 Å². The lowest BCUT2D eigenvalue weighted by Gasteiger charge is -2.08. The molecule has 0 aliphatic heterocycles. The van der Waals surface area contributed by atoms with Gasteiger partial charge in [-0.25, -0.2) is 0 Å². The number of carbonyl (C=O) groups is 1. The van der Waals surface area contributed by atoms with E-state index in [9.17, 15) is 9.90 Å². The summed E-state index contributed by atoms with van der Waals surface area (Å²) in [7, 11) is 0. The summed E-state index contributed by atoms with van der Waals surface area (Å²) in [5.74, 6) is -0.665. The van der Waals surface area contributed by atoms with Gasteiger partial charge in [-0.2, -0.15) is 0 Å². The maximum Gasteiger partial charge on any atom is 0.307 e. The number of benzene rings is 1. The Kier molecular flexibility index (Phi) is 4.11. The lowest BCUT2D eigenvalue weighted by molar-refractivity contribution is -0.135. The van der Waals surface area contributed by atoms with Gasteiger partial charge in [-0.15, -0.1) is 0 Å². The molecule has 0 fully saturated rings. The van der Waals surface area contributed by atoms with Gasteiger partial charge in [0, 0.05) is 5.56 Å². The standard InChI is InChI=1S/C13H16O3/c1-3-10(5-7-13(15)16)11-8-9(2)4-6-12(11)14/h4-6,8,14H,3,7H2,1-2H3,(H,15,16)/b10-5+. The van der Waals surface area contributed by atoms with Crippen LogP contribution in [0.5, 0.6) is 5.75 Å². The minimum absolute atomic E-state index is 0.0173. The predicted molar refractivity (Wildman–Crippen MR) is 63.4 cm³/mol. The second-order valence-electron chi connectivity index (χ2n) is 3.70. The van der Waals surface area contributed by atoms with Crippen molar-refractivity contribution in [2.24, 2.45) is 0 Å². The van der Waals surface area contributed by atoms with Crippen LogP contribution in [0.1, 0.15) is 30.9 Å². The Labute approximate surface area is 95.0 Å². The number of hydrogen-bond donors (Lipinski definition) is 2. The smallest absolute Gasteiger partial charge is 0.307 e. The molecule has 1 rings (SSSR count). The molecule has 0 aliphatic rings. The fourth-order valence-electron chi connectivity index (χ4n) is 1.56. The maximum atomic E-state index is 10.5. The number of carboxylic acid groups (broad SMARTS) is 1. The van der Waals surface area contributed by atoms with E-state index in [0.29, 0.717) is 6.42 Å². The van der Waals surface area contributed by atoms with Gasteiger partial charge in [0.05, 0.1) is 6.42 Å². The topological polar surface area (TPSA) is 57.5 Å². The maximum absolute atomic E-state index is 10.5. The molecule has 0 heterocycles. The first-order valence-corrected chi connectivity index (χ1v) is 5.25. The molecule has 3 heteroatoms. The highest BCUT2D eigenvalue weighted by Gasteiger charge is 2.06. The number of phenols is 1. The number of carboxylic acids is 1. The number of phenolic OH excluding ortho intramolecular Hbond substituents is 1. The van der Waals surface area contributed by atoms with E-state index in [4.69, 9.17) is 5.11 Å². The van der Waals surface area contributed by atoms with Gasteiger partial charge < -0.3 is 10.2 Å². The molecule has 0 atom stereocenters. The van der Waals surface area contributed by atoms with E-state index >= 15 is 0 Å². The Hall–Kier alpha value is -1.77. The molecule has 86 valence electrons. The van der Waals surface area contributed by atoms with E-state index in [1.54, 1.807) is 12.1 Å². The number of aromatic hydroxyl groups is 1. The summed E-state index contributed by atoms with van der Waals surface area (Å²) in [6.07, 6.45) is 2.33. The molecule has 0 saturated heterocycles. The summed E-state index contributed by atoms with van der Waals surface area (Å²) in [6.45, 7) is 3.88. The van der Waals surface area contributed by atoms with Crippen molar-refractivity contribution in [2.45, 2.75) is 26.7 Å². The first-order valence-electron chi connectivity index (χ1n) is 5.25. The second kappa shape index (κ2) is 5.35. The van der Waals surface area contributed by atoms with Crippen LogP contribution in [-0.2, 0) is 4.79 Å². The van der Waals surface area contributed by atoms with Gasteiger partial charge in [0.1, 0.15) is 5.75 Å². The lowest BCUT2D eigenvalue weighted by atomic mass is 9.99. The predicted octanol–water partition coefficient (Wildman–Crippen LogP) is 2.97. The zero-order valence-corrected chi connectivity index (χ0v) is 9.53. The molecule has 0 unspecified atom stereocenters. The zero-order valence-electron chi connectivity index (χ0n) is 9.53. The summed E-state index contributed by atoms with van der Waals surface area (Å²) >= 11 is 0. The number of hydrogen-bond acceptors (Lipinski definition) is 2. The van der Waals surface area contributed by atoms with Crippen LogP contribution < -0.4 is 0 Å². The number of rotatable bonds is 4.